The predicted octanol–water partition coefficient (Wildman–Crippen LogP) is 3.55. The van der Waals surface area contributed by atoms with Gasteiger partial charge in [0.15, 0.2) is 5.65 Å². The van der Waals surface area contributed by atoms with Crippen LogP contribution in [0.15, 0.2) is 48.8 Å². The summed E-state index contributed by atoms with van der Waals surface area (Å²) < 4.78 is 0. The summed E-state index contributed by atoms with van der Waals surface area (Å²) in [5.74, 6) is 1.39. The molecule has 5 heteroatoms. The first-order chi connectivity index (χ1) is 9.85. The Kier molecular flexibility index (Phi) is 3.74. The highest BCUT2D eigenvalue weighted by molar-refractivity contribution is 6.17. The summed E-state index contributed by atoms with van der Waals surface area (Å²) in [7, 11) is 0. The molecule has 0 saturated heterocycles. The van der Waals surface area contributed by atoms with Gasteiger partial charge < -0.3 is 5.32 Å². The lowest BCUT2D eigenvalue weighted by Gasteiger charge is -2.07. The quantitative estimate of drug-likeness (QED) is 0.745. The van der Waals surface area contributed by atoms with Crippen molar-refractivity contribution in [2.24, 2.45) is 0 Å². The van der Waals surface area contributed by atoms with Gasteiger partial charge in [-0.15, -0.1) is 11.6 Å². The molecule has 4 nitrogen and oxygen atoms in total. The number of nitrogens with one attached hydrogen (secondary N) is 1. The highest BCUT2D eigenvalue weighted by atomic mass is 35.5. The van der Waals surface area contributed by atoms with Crippen molar-refractivity contribution in [3.8, 4) is 0 Å². The van der Waals surface area contributed by atoms with Crippen molar-refractivity contribution in [3.63, 3.8) is 0 Å². The zero-order valence-corrected chi connectivity index (χ0v) is 11.5. The monoisotopic (exact) mass is 284 g/mol. The van der Waals surface area contributed by atoms with E-state index in [1.165, 1.54) is 5.56 Å². The largest absolute Gasteiger partial charge is 0.340 e. The Bertz CT molecular complexity index is 712. The number of nitrogens with zero attached hydrogens (tertiary/aromatic N) is 3. The molecule has 0 aliphatic carbocycles. The number of hydrogen-bond acceptors (Lipinski definition) is 4. The third-order valence-corrected chi connectivity index (χ3v) is 3.13. The molecule has 0 aliphatic heterocycles. The molecule has 0 spiro atoms. The highest BCUT2D eigenvalue weighted by Gasteiger charge is 2.00. The molecule has 100 valence electrons. The van der Waals surface area contributed by atoms with Crippen LogP contribution in [0.5, 0.6) is 0 Å². The molecule has 20 heavy (non-hydrogen) atoms. The molecule has 0 radical (unpaired) electrons. The summed E-state index contributed by atoms with van der Waals surface area (Å²) >= 11 is 5.72. The fraction of sp³-hybridized carbons (Fsp3) is 0.133. The molecule has 0 fully saturated rings. The van der Waals surface area contributed by atoms with Gasteiger partial charge in [0, 0.05) is 24.0 Å². The zero-order chi connectivity index (χ0) is 13.8. The minimum Gasteiger partial charge on any atom is -0.340 e. The molecule has 1 N–H and O–H groups in total. The summed E-state index contributed by atoms with van der Waals surface area (Å²) in [5.41, 5.74) is 3.63. The summed E-state index contributed by atoms with van der Waals surface area (Å²) in [6.07, 6.45) is 4.18. The van der Waals surface area contributed by atoms with Crippen LogP contribution in [0.2, 0.25) is 0 Å². The number of benzene rings is 1. The van der Waals surface area contributed by atoms with E-state index in [2.05, 4.69) is 32.4 Å². The first kappa shape index (κ1) is 12.8. The summed E-state index contributed by atoms with van der Waals surface area (Å²) in [6.45, 7) is 0. The van der Waals surface area contributed by atoms with Crippen molar-refractivity contribution in [2.75, 3.05) is 11.2 Å². The number of hydrogen-bond donors (Lipinski definition) is 1. The molecule has 2 aromatic heterocycles. The zero-order valence-electron chi connectivity index (χ0n) is 10.8. The molecule has 0 unspecified atom stereocenters. The van der Waals surface area contributed by atoms with E-state index in [1.807, 2.05) is 24.3 Å². The number of fused-ring (bicyclic) bond motifs is 1. The van der Waals surface area contributed by atoms with Crippen LogP contribution in [-0.2, 0) is 6.42 Å². The Morgan fingerprint density at radius 2 is 1.75 bits per heavy atom. The fourth-order valence-corrected chi connectivity index (χ4v) is 2.15. The molecule has 1 aromatic carbocycles. The van der Waals surface area contributed by atoms with Gasteiger partial charge in [0.2, 0.25) is 0 Å². The van der Waals surface area contributed by atoms with E-state index in [-0.39, 0.29) is 0 Å². The van der Waals surface area contributed by atoms with E-state index in [0.29, 0.717) is 11.5 Å². The highest BCUT2D eigenvalue weighted by Crippen LogP contribution is 2.17. The first-order valence-electron chi connectivity index (χ1n) is 6.35. The number of anilines is 2. The van der Waals surface area contributed by atoms with Crippen LogP contribution in [0.1, 0.15) is 5.56 Å². The van der Waals surface area contributed by atoms with E-state index in [0.717, 1.165) is 23.4 Å². The lowest BCUT2D eigenvalue weighted by Crippen LogP contribution is -1.96. The van der Waals surface area contributed by atoms with Crippen molar-refractivity contribution in [1.82, 2.24) is 15.0 Å². The maximum Gasteiger partial charge on any atom is 0.180 e. The molecule has 0 atom stereocenters. The van der Waals surface area contributed by atoms with Crippen LogP contribution < -0.4 is 5.32 Å². The van der Waals surface area contributed by atoms with Crippen LogP contribution in [0, 0.1) is 0 Å². The van der Waals surface area contributed by atoms with Gasteiger partial charge in [0.05, 0.1) is 0 Å². The van der Waals surface area contributed by atoms with Crippen LogP contribution in [0.3, 0.4) is 0 Å². The molecule has 0 aliphatic rings. The summed E-state index contributed by atoms with van der Waals surface area (Å²) in [5, 5.41) is 3.25. The number of pyridine rings is 1. The number of aryl methyl sites for hydroxylation is 1. The van der Waals surface area contributed by atoms with E-state index in [9.17, 15) is 0 Å². The van der Waals surface area contributed by atoms with Gasteiger partial charge in [-0.25, -0.2) is 9.97 Å². The van der Waals surface area contributed by atoms with Crippen LogP contribution in [0.25, 0.3) is 11.2 Å². The Labute approximate surface area is 121 Å². The Morgan fingerprint density at radius 1 is 0.950 bits per heavy atom. The van der Waals surface area contributed by atoms with Gasteiger partial charge in [-0.3, -0.25) is 4.98 Å². The Balaban J connectivity index is 1.81. The predicted molar refractivity (Wildman–Crippen MR) is 81.5 cm³/mol. The molecule has 2 heterocycles. The molecular formula is C15H13ClN4. The topological polar surface area (TPSA) is 50.7 Å². The van der Waals surface area contributed by atoms with Crippen LogP contribution >= 0.6 is 11.6 Å². The molecular weight excluding hydrogens is 272 g/mol. The second-order valence-corrected chi connectivity index (χ2v) is 4.73. The maximum atomic E-state index is 5.72. The standard InChI is InChI=1S/C15H13ClN4/c16-8-7-11-1-3-12(4-2-11)19-14-6-5-13-15(20-14)18-10-9-17-13/h1-6,9-10H,7-8H2,(H,18,19,20). The van der Waals surface area contributed by atoms with Crippen molar-refractivity contribution in [2.45, 2.75) is 6.42 Å². The van der Waals surface area contributed by atoms with Gasteiger partial charge in [0.25, 0.3) is 0 Å². The van der Waals surface area contributed by atoms with Gasteiger partial charge in [-0.2, -0.15) is 0 Å². The van der Waals surface area contributed by atoms with E-state index in [1.54, 1.807) is 12.4 Å². The van der Waals surface area contributed by atoms with Gasteiger partial charge in [-0.1, -0.05) is 12.1 Å². The Morgan fingerprint density at radius 3 is 2.55 bits per heavy atom. The lowest BCUT2D eigenvalue weighted by molar-refractivity contribution is 1.15. The molecule has 0 saturated carbocycles. The third kappa shape index (κ3) is 2.86. The van der Waals surface area contributed by atoms with Gasteiger partial charge in [-0.05, 0) is 36.2 Å². The first-order valence-corrected chi connectivity index (χ1v) is 6.88. The molecule has 3 rings (SSSR count). The third-order valence-electron chi connectivity index (χ3n) is 2.94. The van der Waals surface area contributed by atoms with Crippen molar-refractivity contribution < 1.29 is 0 Å². The molecule has 0 amide bonds. The fourth-order valence-electron chi connectivity index (χ4n) is 1.94. The maximum absolute atomic E-state index is 5.72. The molecule has 3 aromatic rings. The average Bonchev–Trinajstić information content (AvgIpc) is 2.49. The Hall–Kier alpha value is -2.20. The van der Waals surface area contributed by atoms with Crippen LogP contribution in [0.4, 0.5) is 11.5 Å². The smallest absolute Gasteiger partial charge is 0.180 e. The number of aromatic nitrogens is 3. The van der Waals surface area contributed by atoms with E-state index < -0.39 is 0 Å². The van der Waals surface area contributed by atoms with E-state index in [4.69, 9.17) is 11.6 Å². The summed E-state index contributed by atoms with van der Waals surface area (Å²) in [4.78, 5) is 12.8. The van der Waals surface area contributed by atoms with Crippen molar-refractivity contribution >= 4 is 34.3 Å². The van der Waals surface area contributed by atoms with Gasteiger partial charge in [0.1, 0.15) is 11.3 Å². The average molecular weight is 285 g/mol. The van der Waals surface area contributed by atoms with Crippen LogP contribution in [-0.4, -0.2) is 20.8 Å². The van der Waals surface area contributed by atoms with Gasteiger partial charge >= 0.3 is 0 Å². The van der Waals surface area contributed by atoms with Crippen molar-refractivity contribution in [1.29, 1.82) is 0 Å². The number of halogens is 1. The minimum atomic E-state index is 0.635. The van der Waals surface area contributed by atoms with Crippen molar-refractivity contribution in [3.05, 3.63) is 54.4 Å². The number of rotatable bonds is 4. The SMILES string of the molecule is ClCCc1ccc(Nc2ccc3nccnc3n2)cc1. The second-order valence-electron chi connectivity index (χ2n) is 4.36. The normalized spacial score (nSPS) is 10.7. The summed E-state index contributed by atoms with van der Waals surface area (Å²) in [6, 6.07) is 12.0. The molecule has 0 bridgehead atoms. The van der Waals surface area contributed by atoms with E-state index >= 15 is 0 Å². The lowest BCUT2D eigenvalue weighted by atomic mass is 10.1. The minimum absolute atomic E-state index is 0.635. The number of alkyl halides is 1. The second kappa shape index (κ2) is 5.84.